The third-order valence-electron chi connectivity index (χ3n) is 5.28. The molecule has 2 aromatic rings. The van der Waals surface area contributed by atoms with Gasteiger partial charge in [-0.05, 0) is 55.8 Å². The van der Waals surface area contributed by atoms with Crippen LogP contribution in [0.1, 0.15) is 17.0 Å². The summed E-state index contributed by atoms with van der Waals surface area (Å²) in [5.41, 5.74) is 3.94. The van der Waals surface area contributed by atoms with Crippen LogP contribution in [0.15, 0.2) is 35.9 Å². The molecular weight excluding hydrogens is 380 g/mol. The quantitative estimate of drug-likeness (QED) is 0.562. The lowest BCUT2D eigenvalue weighted by Crippen LogP contribution is -2.41. The molecule has 1 saturated heterocycles. The molecule has 1 amide bonds. The zero-order valence-electron chi connectivity index (χ0n) is 17.8. The molecule has 1 fully saturated rings. The van der Waals surface area contributed by atoms with Crippen LogP contribution in [0.5, 0.6) is 5.75 Å². The van der Waals surface area contributed by atoms with Gasteiger partial charge in [0.15, 0.2) is 0 Å². The molecule has 0 atom stereocenters. The highest BCUT2D eigenvalue weighted by Crippen LogP contribution is 2.24. The van der Waals surface area contributed by atoms with Crippen LogP contribution < -0.4 is 10.1 Å². The van der Waals surface area contributed by atoms with Gasteiger partial charge in [0.2, 0.25) is 0 Å². The summed E-state index contributed by atoms with van der Waals surface area (Å²) in [6, 6.07) is 11.8. The first kappa shape index (κ1) is 21.6. The van der Waals surface area contributed by atoms with Crippen molar-refractivity contribution in [1.82, 2.24) is 14.8 Å². The Balaban J connectivity index is 1.71. The topological polar surface area (TPSA) is 79.5 Å². The number of aromatic nitrogens is 1. The standard InChI is InChI=1S/C23H28N4O3/c1-17-14-19(18(2)27(17)21-4-6-22(29-3)7-5-21)15-20(16-24)23(28)25-8-9-26-10-12-30-13-11-26/h4-7,14-15H,8-13H2,1-3H3,(H,25,28)/b20-15+. The van der Waals surface area contributed by atoms with Crippen molar-refractivity contribution in [3.63, 3.8) is 0 Å². The number of nitriles is 1. The number of morpholine rings is 1. The van der Waals surface area contributed by atoms with Gasteiger partial charge in [-0.15, -0.1) is 0 Å². The van der Waals surface area contributed by atoms with Gasteiger partial charge in [-0.2, -0.15) is 5.26 Å². The van der Waals surface area contributed by atoms with E-state index in [9.17, 15) is 10.1 Å². The third-order valence-corrected chi connectivity index (χ3v) is 5.28. The SMILES string of the molecule is COc1ccc(-n2c(C)cc(/C=C(\C#N)C(=O)NCCN3CCOCC3)c2C)cc1. The number of hydrogen-bond acceptors (Lipinski definition) is 5. The summed E-state index contributed by atoms with van der Waals surface area (Å²) < 4.78 is 12.6. The second kappa shape index (κ2) is 10.1. The lowest BCUT2D eigenvalue weighted by atomic mass is 10.1. The Labute approximate surface area is 177 Å². The van der Waals surface area contributed by atoms with Crippen molar-refractivity contribution >= 4 is 12.0 Å². The maximum absolute atomic E-state index is 12.5. The number of rotatable bonds is 7. The van der Waals surface area contributed by atoms with Crippen LogP contribution in [0, 0.1) is 25.2 Å². The number of benzene rings is 1. The van der Waals surface area contributed by atoms with Crippen LogP contribution in [0.2, 0.25) is 0 Å². The first-order valence-corrected chi connectivity index (χ1v) is 10.1. The van der Waals surface area contributed by atoms with Crippen molar-refractivity contribution in [2.45, 2.75) is 13.8 Å². The van der Waals surface area contributed by atoms with E-state index in [0.717, 1.165) is 61.2 Å². The first-order chi connectivity index (χ1) is 14.5. The van der Waals surface area contributed by atoms with Crippen LogP contribution in [0.3, 0.4) is 0 Å². The molecule has 1 aliphatic rings. The highest BCUT2D eigenvalue weighted by atomic mass is 16.5. The van der Waals surface area contributed by atoms with Crippen molar-refractivity contribution in [3.05, 3.63) is 52.9 Å². The Morgan fingerprint density at radius 3 is 2.60 bits per heavy atom. The highest BCUT2D eigenvalue weighted by molar-refractivity contribution is 6.01. The molecule has 158 valence electrons. The minimum absolute atomic E-state index is 0.104. The van der Waals surface area contributed by atoms with E-state index < -0.39 is 0 Å². The summed E-state index contributed by atoms with van der Waals surface area (Å²) in [6.45, 7) is 8.42. The maximum Gasteiger partial charge on any atom is 0.261 e. The molecule has 1 aliphatic heterocycles. The van der Waals surface area contributed by atoms with Gasteiger partial charge in [-0.3, -0.25) is 9.69 Å². The number of carbonyl (C=O) groups is 1. The Morgan fingerprint density at radius 2 is 1.97 bits per heavy atom. The molecule has 0 saturated carbocycles. The van der Waals surface area contributed by atoms with Crippen molar-refractivity contribution < 1.29 is 14.3 Å². The number of nitrogens with one attached hydrogen (secondary N) is 1. The van der Waals surface area contributed by atoms with Gasteiger partial charge in [0.25, 0.3) is 5.91 Å². The molecule has 2 heterocycles. The Hall–Kier alpha value is -3.08. The summed E-state index contributed by atoms with van der Waals surface area (Å²) in [7, 11) is 1.64. The number of aryl methyl sites for hydroxylation is 1. The number of ether oxygens (including phenoxy) is 2. The first-order valence-electron chi connectivity index (χ1n) is 10.1. The molecule has 1 aromatic carbocycles. The van der Waals surface area contributed by atoms with E-state index in [1.807, 2.05) is 50.2 Å². The average molecular weight is 409 g/mol. The van der Waals surface area contributed by atoms with Crippen molar-refractivity contribution in [2.75, 3.05) is 46.5 Å². The van der Waals surface area contributed by atoms with Crippen molar-refractivity contribution in [2.24, 2.45) is 0 Å². The fourth-order valence-corrected chi connectivity index (χ4v) is 3.61. The fraction of sp³-hybridized carbons (Fsp3) is 0.391. The van der Waals surface area contributed by atoms with E-state index in [2.05, 4.69) is 14.8 Å². The molecule has 0 radical (unpaired) electrons. The third kappa shape index (κ3) is 5.09. The second-order valence-electron chi connectivity index (χ2n) is 7.24. The van der Waals surface area contributed by atoms with Gasteiger partial charge >= 0.3 is 0 Å². The number of nitrogens with zero attached hydrogens (tertiary/aromatic N) is 3. The minimum atomic E-state index is -0.347. The molecule has 0 unspecified atom stereocenters. The van der Waals surface area contributed by atoms with Gasteiger partial charge in [0.1, 0.15) is 17.4 Å². The Bertz CT molecular complexity index is 948. The summed E-state index contributed by atoms with van der Waals surface area (Å²) in [4.78, 5) is 14.7. The zero-order chi connectivity index (χ0) is 21.5. The average Bonchev–Trinajstić information content (AvgIpc) is 3.05. The smallest absolute Gasteiger partial charge is 0.261 e. The summed E-state index contributed by atoms with van der Waals surface area (Å²) in [6.07, 6.45) is 1.66. The summed E-state index contributed by atoms with van der Waals surface area (Å²) >= 11 is 0. The molecule has 0 bridgehead atoms. The van der Waals surface area contributed by atoms with Crippen LogP contribution in [-0.2, 0) is 9.53 Å². The molecule has 7 nitrogen and oxygen atoms in total. The number of amides is 1. The van der Waals surface area contributed by atoms with Crippen LogP contribution >= 0.6 is 0 Å². The molecular formula is C23H28N4O3. The number of carbonyl (C=O) groups excluding carboxylic acids is 1. The number of methoxy groups -OCH3 is 1. The van der Waals surface area contributed by atoms with E-state index in [4.69, 9.17) is 9.47 Å². The maximum atomic E-state index is 12.5. The van der Waals surface area contributed by atoms with Crippen LogP contribution in [0.4, 0.5) is 0 Å². The Kier molecular flexibility index (Phi) is 7.28. The number of hydrogen-bond donors (Lipinski definition) is 1. The lowest BCUT2D eigenvalue weighted by Gasteiger charge is -2.26. The predicted molar refractivity (Wildman–Crippen MR) is 116 cm³/mol. The second-order valence-corrected chi connectivity index (χ2v) is 7.24. The van der Waals surface area contributed by atoms with Gasteiger partial charge in [0, 0.05) is 43.3 Å². The predicted octanol–water partition coefficient (Wildman–Crippen LogP) is 2.46. The highest BCUT2D eigenvalue weighted by Gasteiger charge is 2.15. The molecule has 30 heavy (non-hydrogen) atoms. The molecule has 0 spiro atoms. The van der Waals surface area contributed by atoms with Gasteiger partial charge in [-0.1, -0.05) is 0 Å². The van der Waals surface area contributed by atoms with Crippen molar-refractivity contribution in [3.8, 4) is 17.5 Å². The lowest BCUT2D eigenvalue weighted by molar-refractivity contribution is -0.117. The van der Waals surface area contributed by atoms with E-state index in [1.54, 1.807) is 13.2 Å². The van der Waals surface area contributed by atoms with Gasteiger partial charge < -0.3 is 19.4 Å². The van der Waals surface area contributed by atoms with Crippen molar-refractivity contribution in [1.29, 1.82) is 5.26 Å². The molecule has 7 heteroatoms. The van der Waals surface area contributed by atoms with E-state index in [1.165, 1.54) is 0 Å². The summed E-state index contributed by atoms with van der Waals surface area (Å²) in [5.74, 6) is 0.446. The zero-order valence-corrected chi connectivity index (χ0v) is 17.8. The van der Waals surface area contributed by atoms with E-state index in [0.29, 0.717) is 6.54 Å². The molecule has 0 aliphatic carbocycles. The summed E-state index contributed by atoms with van der Waals surface area (Å²) in [5, 5.41) is 12.4. The molecule has 1 aromatic heterocycles. The van der Waals surface area contributed by atoms with Crippen LogP contribution in [-0.4, -0.2) is 61.9 Å². The van der Waals surface area contributed by atoms with E-state index in [-0.39, 0.29) is 11.5 Å². The fourth-order valence-electron chi connectivity index (χ4n) is 3.61. The minimum Gasteiger partial charge on any atom is -0.497 e. The monoisotopic (exact) mass is 408 g/mol. The normalized spacial score (nSPS) is 14.9. The van der Waals surface area contributed by atoms with Gasteiger partial charge in [0.05, 0.1) is 20.3 Å². The van der Waals surface area contributed by atoms with Crippen LogP contribution in [0.25, 0.3) is 11.8 Å². The largest absolute Gasteiger partial charge is 0.497 e. The molecule has 3 rings (SSSR count). The Morgan fingerprint density at radius 1 is 1.27 bits per heavy atom. The molecule has 1 N–H and O–H groups in total. The van der Waals surface area contributed by atoms with Gasteiger partial charge in [-0.25, -0.2) is 0 Å². The van der Waals surface area contributed by atoms with E-state index >= 15 is 0 Å².